The summed E-state index contributed by atoms with van der Waals surface area (Å²) in [6.45, 7) is 0. The monoisotopic (exact) mass is 345 g/mol. The summed E-state index contributed by atoms with van der Waals surface area (Å²) >= 11 is 7.55. The molecular formula is C17H16ClN3OS. The number of thiazole rings is 1. The molecule has 3 aromatic rings. The lowest BCUT2D eigenvalue weighted by molar-refractivity contribution is 0.415. The topological polar surface area (TPSA) is 52.5 Å². The Morgan fingerprint density at radius 1 is 1.04 bits per heavy atom. The summed E-state index contributed by atoms with van der Waals surface area (Å²) in [5.74, 6) is 6.35. The van der Waals surface area contributed by atoms with Gasteiger partial charge in [0.05, 0.1) is 17.7 Å². The predicted molar refractivity (Wildman–Crippen MR) is 95.5 cm³/mol. The van der Waals surface area contributed by atoms with Gasteiger partial charge in [0.2, 0.25) is 4.80 Å². The number of hydrogen-bond acceptors (Lipinski definition) is 4. The van der Waals surface area contributed by atoms with Crippen LogP contribution in [0.3, 0.4) is 0 Å². The Hall–Kier alpha value is -2.24. The third-order valence-electron chi connectivity index (χ3n) is 3.61. The van der Waals surface area contributed by atoms with E-state index in [4.69, 9.17) is 22.2 Å². The fourth-order valence-corrected chi connectivity index (χ4v) is 3.63. The van der Waals surface area contributed by atoms with Gasteiger partial charge in [-0.2, -0.15) is 5.10 Å². The minimum atomic E-state index is 0.712. The molecule has 0 spiro atoms. The lowest BCUT2D eigenvalue weighted by Gasteiger charge is -2.08. The molecule has 2 aromatic carbocycles. The Kier molecular flexibility index (Phi) is 4.41. The van der Waals surface area contributed by atoms with E-state index in [9.17, 15) is 0 Å². The molecule has 0 aliphatic rings. The fourth-order valence-electron chi connectivity index (χ4n) is 2.44. The predicted octanol–water partition coefficient (Wildman–Crippen LogP) is 3.86. The van der Waals surface area contributed by atoms with E-state index in [-0.39, 0.29) is 0 Å². The maximum atomic E-state index is 6.00. The second-order valence-electron chi connectivity index (χ2n) is 4.99. The first-order valence-corrected chi connectivity index (χ1v) is 8.17. The van der Waals surface area contributed by atoms with E-state index in [0.717, 1.165) is 32.2 Å². The molecule has 0 saturated heterocycles. The third-order valence-corrected chi connectivity index (χ3v) is 5.06. The second kappa shape index (κ2) is 6.48. The quantitative estimate of drug-likeness (QED) is 0.579. The molecule has 2 N–H and O–H groups in total. The number of nitrogens with two attached hydrogens (primary N) is 1. The molecule has 0 bridgehead atoms. The van der Waals surface area contributed by atoms with Crippen LogP contribution >= 0.6 is 22.9 Å². The molecule has 0 radical (unpaired) electrons. The van der Waals surface area contributed by atoms with Crippen molar-refractivity contribution in [1.82, 2.24) is 4.57 Å². The Morgan fingerprint density at radius 2 is 1.65 bits per heavy atom. The van der Waals surface area contributed by atoms with Crippen molar-refractivity contribution in [1.29, 1.82) is 0 Å². The summed E-state index contributed by atoms with van der Waals surface area (Å²) in [6.07, 6.45) is 0. The van der Waals surface area contributed by atoms with E-state index < -0.39 is 0 Å². The van der Waals surface area contributed by atoms with E-state index in [2.05, 4.69) is 5.10 Å². The van der Waals surface area contributed by atoms with Crippen LogP contribution in [0.5, 0.6) is 5.75 Å². The molecule has 1 heterocycles. The zero-order chi connectivity index (χ0) is 16.4. The Morgan fingerprint density at radius 3 is 2.22 bits per heavy atom. The van der Waals surface area contributed by atoms with Crippen molar-refractivity contribution < 1.29 is 4.74 Å². The summed E-state index contributed by atoms with van der Waals surface area (Å²) in [4.78, 5) is 1.85. The van der Waals surface area contributed by atoms with Gasteiger partial charge < -0.3 is 15.1 Å². The maximum absolute atomic E-state index is 6.00. The maximum Gasteiger partial charge on any atom is 0.208 e. The van der Waals surface area contributed by atoms with Crippen molar-refractivity contribution >= 4 is 22.9 Å². The SMILES string of the molecule is COc1ccc(-c2c(-c3ccc(Cl)cc3)sc(=NN)n2C)cc1. The highest BCUT2D eigenvalue weighted by molar-refractivity contribution is 7.13. The number of nitrogens with zero attached hydrogens (tertiary/aromatic N) is 2. The highest BCUT2D eigenvalue weighted by Gasteiger charge is 2.15. The van der Waals surface area contributed by atoms with Gasteiger partial charge in [-0.15, -0.1) is 0 Å². The summed E-state index contributed by atoms with van der Waals surface area (Å²) in [6, 6.07) is 15.7. The number of rotatable bonds is 3. The standard InChI is InChI=1S/C17H16ClN3OS/c1-21-15(11-5-9-14(22-2)10-6-11)16(23-17(21)20-19)12-3-7-13(18)8-4-12/h3-10H,19H2,1-2H3. The number of benzene rings is 2. The minimum Gasteiger partial charge on any atom is -0.497 e. The zero-order valence-corrected chi connectivity index (χ0v) is 14.4. The smallest absolute Gasteiger partial charge is 0.208 e. The largest absolute Gasteiger partial charge is 0.497 e. The van der Waals surface area contributed by atoms with Crippen LogP contribution in [0.15, 0.2) is 53.6 Å². The summed E-state index contributed by atoms with van der Waals surface area (Å²) in [5, 5.41) is 4.60. The molecule has 0 fully saturated rings. The Labute approximate surface area is 143 Å². The molecule has 0 aliphatic heterocycles. The number of hydrogen-bond donors (Lipinski definition) is 1. The van der Waals surface area contributed by atoms with Gasteiger partial charge >= 0.3 is 0 Å². The molecule has 118 valence electrons. The summed E-state index contributed by atoms with van der Waals surface area (Å²) < 4.78 is 7.23. The molecule has 23 heavy (non-hydrogen) atoms. The molecule has 0 amide bonds. The first-order valence-electron chi connectivity index (χ1n) is 6.98. The first-order chi connectivity index (χ1) is 11.1. The van der Waals surface area contributed by atoms with Gasteiger partial charge in [-0.05, 0) is 47.5 Å². The van der Waals surface area contributed by atoms with Crippen LogP contribution in [0.1, 0.15) is 0 Å². The zero-order valence-electron chi connectivity index (χ0n) is 12.8. The molecule has 0 atom stereocenters. The van der Waals surface area contributed by atoms with E-state index in [1.807, 2.05) is 60.1 Å². The van der Waals surface area contributed by atoms with Crippen molar-refractivity contribution in [2.24, 2.45) is 18.0 Å². The van der Waals surface area contributed by atoms with Gasteiger partial charge in [0.1, 0.15) is 5.75 Å². The van der Waals surface area contributed by atoms with Crippen LogP contribution in [0.25, 0.3) is 21.7 Å². The van der Waals surface area contributed by atoms with Gasteiger partial charge in [-0.3, -0.25) is 0 Å². The number of methoxy groups -OCH3 is 1. The average Bonchev–Trinajstić information content (AvgIpc) is 2.92. The molecule has 0 saturated carbocycles. The molecule has 6 heteroatoms. The van der Waals surface area contributed by atoms with Crippen LogP contribution in [-0.4, -0.2) is 11.7 Å². The number of ether oxygens (including phenoxy) is 1. The molecule has 0 aliphatic carbocycles. The van der Waals surface area contributed by atoms with Gasteiger partial charge in [0.15, 0.2) is 0 Å². The van der Waals surface area contributed by atoms with E-state index in [1.165, 1.54) is 0 Å². The molecule has 1 aromatic heterocycles. The van der Waals surface area contributed by atoms with E-state index >= 15 is 0 Å². The number of aromatic nitrogens is 1. The lowest BCUT2D eigenvalue weighted by atomic mass is 10.1. The van der Waals surface area contributed by atoms with Crippen molar-refractivity contribution in [3.63, 3.8) is 0 Å². The fraction of sp³-hybridized carbons (Fsp3) is 0.118. The van der Waals surface area contributed by atoms with Gasteiger partial charge in [0.25, 0.3) is 0 Å². The highest BCUT2D eigenvalue weighted by atomic mass is 35.5. The summed E-state index contributed by atoms with van der Waals surface area (Å²) in [5.41, 5.74) is 3.21. The molecular weight excluding hydrogens is 330 g/mol. The van der Waals surface area contributed by atoms with Crippen LogP contribution < -0.4 is 15.4 Å². The van der Waals surface area contributed by atoms with Crippen LogP contribution in [0, 0.1) is 0 Å². The minimum absolute atomic E-state index is 0.712. The number of halogens is 1. The van der Waals surface area contributed by atoms with Crippen molar-refractivity contribution in [3.05, 3.63) is 58.4 Å². The van der Waals surface area contributed by atoms with Gasteiger partial charge in [-0.25, -0.2) is 0 Å². The lowest BCUT2D eigenvalue weighted by Crippen LogP contribution is -2.13. The van der Waals surface area contributed by atoms with E-state index in [1.54, 1.807) is 18.4 Å². The Balaban J connectivity index is 2.21. The van der Waals surface area contributed by atoms with Gasteiger partial charge in [0, 0.05) is 12.1 Å². The van der Waals surface area contributed by atoms with Crippen LogP contribution in [0.4, 0.5) is 0 Å². The van der Waals surface area contributed by atoms with Crippen LogP contribution in [0.2, 0.25) is 5.02 Å². The highest BCUT2D eigenvalue weighted by Crippen LogP contribution is 2.35. The summed E-state index contributed by atoms with van der Waals surface area (Å²) in [7, 11) is 3.62. The Bertz CT molecular complexity index is 880. The first kappa shape index (κ1) is 15.6. The normalized spacial score (nSPS) is 11.7. The van der Waals surface area contributed by atoms with Gasteiger partial charge in [-0.1, -0.05) is 35.1 Å². The van der Waals surface area contributed by atoms with Crippen molar-refractivity contribution in [2.45, 2.75) is 0 Å². The van der Waals surface area contributed by atoms with Crippen LogP contribution in [-0.2, 0) is 7.05 Å². The molecule has 4 nitrogen and oxygen atoms in total. The third kappa shape index (κ3) is 2.98. The van der Waals surface area contributed by atoms with E-state index in [0.29, 0.717) is 5.02 Å². The van der Waals surface area contributed by atoms with Crippen molar-refractivity contribution in [2.75, 3.05) is 7.11 Å². The average molecular weight is 346 g/mol. The van der Waals surface area contributed by atoms with Crippen molar-refractivity contribution in [3.8, 4) is 27.4 Å². The molecule has 3 rings (SSSR count). The molecule has 0 unspecified atom stereocenters. The second-order valence-corrected chi connectivity index (χ2v) is 6.40.